The Labute approximate surface area is 132 Å². The standard InChI is InChI=1S/C18H26N2O2/c1-19-14-17-7-10-18(11-8-17,12-9-17)20-16(21)22-13-15-5-3-2-4-6-15/h2-6,19H,7-14H2,1H3,(H,20,21). The summed E-state index contributed by atoms with van der Waals surface area (Å²) in [4.78, 5) is 12.1. The van der Waals surface area contributed by atoms with Crippen molar-refractivity contribution in [3.8, 4) is 0 Å². The summed E-state index contributed by atoms with van der Waals surface area (Å²) in [5.41, 5.74) is 1.46. The molecule has 3 aliphatic rings. The van der Waals surface area contributed by atoms with E-state index in [0.717, 1.165) is 31.4 Å². The van der Waals surface area contributed by atoms with Gasteiger partial charge in [-0.3, -0.25) is 0 Å². The van der Waals surface area contributed by atoms with Crippen LogP contribution in [-0.2, 0) is 11.3 Å². The van der Waals surface area contributed by atoms with Crippen molar-refractivity contribution in [1.82, 2.24) is 10.6 Å². The zero-order valence-corrected chi connectivity index (χ0v) is 13.4. The Morgan fingerprint density at radius 1 is 1.09 bits per heavy atom. The number of hydrogen-bond donors (Lipinski definition) is 2. The van der Waals surface area contributed by atoms with Gasteiger partial charge >= 0.3 is 6.09 Å². The van der Waals surface area contributed by atoms with E-state index in [0.29, 0.717) is 12.0 Å². The van der Waals surface area contributed by atoms with Crippen molar-refractivity contribution >= 4 is 6.09 Å². The highest BCUT2D eigenvalue weighted by atomic mass is 16.5. The maximum Gasteiger partial charge on any atom is 0.407 e. The third-order valence-corrected chi connectivity index (χ3v) is 5.53. The molecule has 4 heteroatoms. The normalized spacial score (nSPS) is 30.0. The first kappa shape index (κ1) is 15.3. The van der Waals surface area contributed by atoms with Gasteiger partial charge in [-0.15, -0.1) is 0 Å². The van der Waals surface area contributed by atoms with Gasteiger partial charge in [0.25, 0.3) is 0 Å². The second-order valence-electron chi connectivity index (χ2n) is 7.00. The lowest BCUT2D eigenvalue weighted by Crippen LogP contribution is -2.58. The Kier molecular flexibility index (Phi) is 4.39. The molecule has 0 heterocycles. The summed E-state index contributed by atoms with van der Waals surface area (Å²) in [7, 11) is 2.03. The van der Waals surface area contributed by atoms with Crippen LogP contribution in [0.15, 0.2) is 30.3 Å². The number of nitrogens with one attached hydrogen (secondary N) is 2. The van der Waals surface area contributed by atoms with Crippen molar-refractivity contribution in [1.29, 1.82) is 0 Å². The third-order valence-electron chi connectivity index (χ3n) is 5.53. The van der Waals surface area contributed by atoms with Gasteiger partial charge in [-0.1, -0.05) is 30.3 Å². The van der Waals surface area contributed by atoms with Crippen molar-refractivity contribution in [2.24, 2.45) is 5.41 Å². The SMILES string of the molecule is CNCC12CCC(NC(=O)OCc3ccccc3)(CC1)CC2. The molecule has 22 heavy (non-hydrogen) atoms. The molecule has 0 spiro atoms. The number of ether oxygens (including phenoxy) is 1. The molecule has 4 nitrogen and oxygen atoms in total. The lowest BCUT2D eigenvalue weighted by Gasteiger charge is -2.53. The van der Waals surface area contributed by atoms with E-state index in [-0.39, 0.29) is 11.6 Å². The highest BCUT2D eigenvalue weighted by Crippen LogP contribution is 2.51. The molecule has 120 valence electrons. The summed E-state index contributed by atoms with van der Waals surface area (Å²) in [5.74, 6) is 0. The molecule has 0 unspecified atom stereocenters. The van der Waals surface area contributed by atoms with E-state index in [2.05, 4.69) is 10.6 Å². The second-order valence-corrected chi connectivity index (χ2v) is 7.00. The van der Waals surface area contributed by atoms with Gasteiger partial charge in [0, 0.05) is 12.1 Å². The molecule has 4 rings (SSSR count). The summed E-state index contributed by atoms with van der Waals surface area (Å²) in [6.07, 6.45) is 6.57. The number of rotatable bonds is 5. The first-order chi connectivity index (χ1) is 10.7. The van der Waals surface area contributed by atoms with Crippen molar-refractivity contribution in [3.63, 3.8) is 0 Å². The molecule has 0 aromatic heterocycles. The van der Waals surface area contributed by atoms with E-state index < -0.39 is 0 Å². The Hall–Kier alpha value is -1.55. The van der Waals surface area contributed by atoms with Crippen molar-refractivity contribution in [2.75, 3.05) is 13.6 Å². The molecule has 2 bridgehead atoms. The molecule has 0 saturated heterocycles. The van der Waals surface area contributed by atoms with Crippen LogP contribution in [0.3, 0.4) is 0 Å². The van der Waals surface area contributed by atoms with Gasteiger partial charge in [-0.25, -0.2) is 4.79 Å². The monoisotopic (exact) mass is 302 g/mol. The minimum atomic E-state index is -0.271. The predicted molar refractivity (Wildman–Crippen MR) is 86.6 cm³/mol. The number of fused-ring (bicyclic) bond motifs is 3. The highest BCUT2D eigenvalue weighted by Gasteiger charge is 2.49. The maximum absolute atomic E-state index is 12.1. The lowest BCUT2D eigenvalue weighted by atomic mass is 9.57. The Bertz CT molecular complexity index is 491. The predicted octanol–water partition coefficient (Wildman–Crippen LogP) is 3.23. The summed E-state index contributed by atoms with van der Waals surface area (Å²) in [5, 5.41) is 6.50. The molecular weight excluding hydrogens is 276 g/mol. The maximum atomic E-state index is 12.1. The van der Waals surface area contributed by atoms with Crippen LogP contribution in [0, 0.1) is 5.41 Å². The molecule has 3 fully saturated rings. The number of amides is 1. The number of carbonyl (C=O) groups excluding carboxylic acids is 1. The average molecular weight is 302 g/mol. The number of benzene rings is 1. The van der Waals surface area contributed by atoms with E-state index in [4.69, 9.17) is 4.74 Å². The molecule has 2 N–H and O–H groups in total. The zero-order valence-electron chi connectivity index (χ0n) is 13.4. The molecule has 0 aliphatic heterocycles. The molecule has 0 atom stereocenters. The average Bonchev–Trinajstić information content (AvgIpc) is 2.56. The van der Waals surface area contributed by atoms with Crippen LogP contribution in [0.2, 0.25) is 0 Å². The number of alkyl carbamates (subject to hydrolysis) is 1. The molecule has 3 aliphatic carbocycles. The van der Waals surface area contributed by atoms with Gasteiger partial charge in [-0.2, -0.15) is 0 Å². The molecule has 1 aromatic rings. The van der Waals surface area contributed by atoms with Crippen molar-refractivity contribution in [2.45, 2.75) is 50.7 Å². The summed E-state index contributed by atoms with van der Waals surface area (Å²) >= 11 is 0. The summed E-state index contributed by atoms with van der Waals surface area (Å²) < 4.78 is 5.39. The van der Waals surface area contributed by atoms with E-state index in [1.165, 1.54) is 19.3 Å². The molecule has 3 saturated carbocycles. The quantitative estimate of drug-likeness (QED) is 0.878. The van der Waals surface area contributed by atoms with Crippen LogP contribution >= 0.6 is 0 Å². The number of hydrogen-bond acceptors (Lipinski definition) is 3. The molecule has 1 aromatic carbocycles. The Morgan fingerprint density at radius 3 is 2.32 bits per heavy atom. The van der Waals surface area contributed by atoms with Gasteiger partial charge in [0.1, 0.15) is 6.61 Å². The minimum Gasteiger partial charge on any atom is -0.445 e. The fraction of sp³-hybridized carbons (Fsp3) is 0.611. The van der Waals surface area contributed by atoms with Crippen molar-refractivity contribution < 1.29 is 9.53 Å². The van der Waals surface area contributed by atoms with Crippen LogP contribution in [0.5, 0.6) is 0 Å². The number of carbonyl (C=O) groups is 1. The first-order valence-corrected chi connectivity index (χ1v) is 8.29. The smallest absolute Gasteiger partial charge is 0.407 e. The van der Waals surface area contributed by atoms with E-state index in [9.17, 15) is 4.79 Å². The van der Waals surface area contributed by atoms with Gasteiger partial charge in [0.15, 0.2) is 0 Å². The van der Waals surface area contributed by atoms with Gasteiger partial charge in [0.05, 0.1) is 0 Å². The minimum absolute atomic E-state index is 0.0245. The topological polar surface area (TPSA) is 50.4 Å². The van der Waals surface area contributed by atoms with Crippen LogP contribution in [0.4, 0.5) is 4.79 Å². The van der Waals surface area contributed by atoms with E-state index in [1.54, 1.807) is 0 Å². The zero-order chi connectivity index (χ0) is 15.5. The van der Waals surface area contributed by atoms with Crippen LogP contribution in [0.1, 0.15) is 44.1 Å². The van der Waals surface area contributed by atoms with E-state index in [1.807, 2.05) is 37.4 Å². The summed E-state index contributed by atoms with van der Waals surface area (Å²) in [6, 6.07) is 9.82. The van der Waals surface area contributed by atoms with E-state index >= 15 is 0 Å². The highest BCUT2D eigenvalue weighted by molar-refractivity contribution is 5.68. The lowest BCUT2D eigenvalue weighted by molar-refractivity contribution is 0.0215. The van der Waals surface area contributed by atoms with Gasteiger partial charge in [-0.05, 0) is 56.6 Å². The molecule has 0 radical (unpaired) electrons. The van der Waals surface area contributed by atoms with Crippen LogP contribution < -0.4 is 10.6 Å². The molecule has 1 amide bonds. The third kappa shape index (κ3) is 3.27. The Morgan fingerprint density at radius 2 is 1.73 bits per heavy atom. The molecular formula is C18H26N2O2. The largest absolute Gasteiger partial charge is 0.445 e. The summed E-state index contributed by atoms with van der Waals surface area (Å²) in [6.45, 7) is 1.44. The Balaban J connectivity index is 1.50. The fourth-order valence-electron chi connectivity index (χ4n) is 4.07. The van der Waals surface area contributed by atoms with Gasteiger partial charge < -0.3 is 15.4 Å². The second kappa shape index (κ2) is 6.29. The van der Waals surface area contributed by atoms with Crippen LogP contribution in [0.25, 0.3) is 0 Å². The van der Waals surface area contributed by atoms with Crippen LogP contribution in [-0.4, -0.2) is 25.2 Å². The van der Waals surface area contributed by atoms with Crippen molar-refractivity contribution in [3.05, 3.63) is 35.9 Å². The fourth-order valence-corrected chi connectivity index (χ4v) is 4.07. The van der Waals surface area contributed by atoms with Gasteiger partial charge in [0.2, 0.25) is 0 Å². The first-order valence-electron chi connectivity index (χ1n) is 8.29.